The number of aromatic nitrogens is 4. The third kappa shape index (κ3) is 2.46. The first-order chi connectivity index (χ1) is 9.56. The lowest BCUT2D eigenvalue weighted by Crippen LogP contribution is -2.41. The number of aryl methyl sites for hydroxylation is 1. The van der Waals surface area contributed by atoms with Crippen LogP contribution in [0.15, 0.2) is 10.7 Å². The molecule has 2 aromatic heterocycles. The SMILES string of the molecule is Cc1[nH]ncc1-c1nc(C(C)(N)COC2CCC2)no1. The molecular weight excluding hydrogens is 258 g/mol. The van der Waals surface area contributed by atoms with E-state index in [1.54, 1.807) is 6.20 Å². The van der Waals surface area contributed by atoms with E-state index in [9.17, 15) is 0 Å². The third-order valence-electron chi connectivity index (χ3n) is 3.67. The van der Waals surface area contributed by atoms with Crippen molar-refractivity contribution in [3.63, 3.8) is 0 Å². The van der Waals surface area contributed by atoms with Crippen LogP contribution in [0.25, 0.3) is 11.5 Å². The molecule has 1 saturated carbocycles. The summed E-state index contributed by atoms with van der Waals surface area (Å²) >= 11 is 0. The molecule has 1 aliphatic rings. The van der Waals surface area contributed by atoms with E-state index in [1.807, 2.05) is 13.8 Å². The van der Waals surface area contributed by atoms with Crippen molar-refractivity contribution < 1.29 is 9.26 Å². The topological polar surface area (TPSA) is 103 Å². The van der Waals surface area contributed by atoms with Crippen LogP contribution in [-0.4, -0.2) is 33.0 Å². The Bertz CT molecular complexity index is 585. The van der Waals surface area contributed by atoms with Crippen LogP contribution >= 0.6 is 0 Å². The van der Waals surface area contributed by atoms with Crippen LogP contribution in [0, 0.1) is 6.92 Å². The molecule has 7 nitrogen and oxygen atoms in total. The number of ether oxygens (including phenoxy) is 1. The first-order valence-corrected chi connectivity index (χ1v) is 6.81. The molecule has 108 valence electrons. The molecule has 0 spiro atoms. The van der Waals surface area contributed by atoms with Gasteiger partial charge in [-0.15, -0.1) is 0 Å². The van der Waals surface area contributed by atoms with Crippen LogP contribution in [0.1, 0.15) is 37.7 Å². The van der Waals surface area contributed by atoms with E-state index in [2.05, 4.69) is 20.3 Å². The minimum Gasteiger partial charge on any atom is -0.376 e. The van der Waals surface area contributed by atoms with Crippen LogP contribution in [0.2, 0.25) is 0 Å². The highest BCUT2D eigenvalue weighted by molar-refractivity contribution is 5.54. The molecule has 20 heavy (non-hydrogen) atoms. The van der Waals surface area contributed by atoms with Crippen molar-refractivity contribution in [2.45, 2.75) is 44.8 Å². The zero-order valence-electron chi connectivity index (χ0n) is 11.7. The predicted molar refractivity (Wildman–Crippen MR) is 71.7 cm³/mol. The highest BCUT2D eigenvalue weighted by Crippen LogP contribution is 2.26. The van der Waals surface area contributed by atoms with Gasteiger partial charge in [-0.3, -0.25) is 5.10 Å². The minimum atomic E-state index is -0.755. The van der Waals surface area contributed by atoms with Gasteiger partial charge in [0.2, 0.25) is 0 Å². The Morgan fingerprint density at radius 3 is 2.95 bits per heavy atom. The number of nitrogens with one attached hydrogen (secondary N) is 1. The fraction of sp³-hybridized carbons (Fsp3) is 0.615. The lowest BCUT2D eigenvalue weighted by atomic mass is 9.95. The van der Waals surface area contributed by atoms with Crippen LogP contribution in [0.4, 0.5) is 0 Å². The van der Waals surface area contributed by atoms with Gasteiger partial charge in [-0.2, -0.15) is 10.1 Å². The second-order valence-electron chi connectivity index (χ2n) is 5.61. The van der Waals surface area contributed by atoms with Crippen molar-refractivity contribution in [1.82, 2.24) is 20.3 Å². The third-order valence-corrected chi connectivity index (χ3v) is 3.67. The number of nitrogens with zero attached hydrogens (tertiary/aromatic N) is 3. The molecule has 0 aromatic carbocycles. The zero-order valence-corrected chi connectivity index (χ0v) is 11.7. The van der Waals surface area contributed by atoms with E-state index in [0.29, 0.717) is 24.4 Å². The lowest BCUT2D eigenvalue weighted by Gasteiger charge is -2.29. The van der Waals surface area contributed by atoms with Gasteiger partial charge in [0, 0.05) is 5.69 Å². The maximum atomic E-state index is 6.24. The first kappa shape index (κ1) is 13.3. The number of aromatic amines is 1. The molecule has 0 radical (unpaired) electrons. The zero-order chi connectivity index (χ0) is 14.2. The number of hydrogen-bond acceptors (Lipinski definition) is 6. The van der Waals surface area contributed by atoms with Crippen LogP contribution in [0.5, 0.6) is 0 Å². The molecule has 1 fully saturated rings. The average Bonchev–Trinajstić information content (AvgIpc) is 2.94. The van der Waals surface area contributed by atoms with Gasteiger partial charge in [-0.1, -0.05) is 5.16 Å². The Morgan fingerprint density at radius 1 is 1.55 bits per heavy atom. The van der Waals surface area contributed by atoms with Gasteiger partial charge in [0.15, 0.2) is 5.82 Å². The molecule has 2 heterocycles. The second-order valence-corrected chi connectivity index (χ2v) is 5.61. The molecular formula is C13H19N5O2. The average molecular weight is 277 g/mol. The van der Waals surface area contributed by atoms with Crippen molar-refractivity contribution in [3.8, 4) is 11.5 Å². The van der Waals surface area contributed by atoms with Gasteiger partial charge in [0.1, 0.15) is 5.54 Å². The van der Waals surface area contributed by atoms with E-state index in [4.69, 9.17) is 15.0 Å². The van der Waals surface area contributed by atoms with E-state index in [-0.39, 0.29) is 0 Å². The molecule has 0 aliphatic heterocycles. The molecule has 1 unspecified atom stereocenters. The predicted octanol–water partition coefficient (Wildman–Crippen LogP) is 1.51. The molecule has 3 rings (SSSR count). The summed E-state index contributed by atoms with van der Waals surface area (Å²) in [6, 6.07) is 0. The summed E-state index contributed by atoms with van der Waals surface area (Å²) in [5.74, 6) is 0.874. The summed E-state index contributed by atoms with van der Waals surface area (Å²) in [4.78, 5) is 4.36. The number of nitrogens with two attached hydrogens (primary N) is 1. The normalized spacial score (nSPS) is 18.8. The highest BCUT2D eigenvalue weighted by Gasteiger charge is 2.31. The van der Waals surface area contributed by atoms with Crippen molar-refractivity contribution in [2.75, 3.05) is 6.61 Å². The molecule has 0 amide bonds. The Hall–Kier alpha value is -1.73. The second kappa shape index (κ2) is 4.99. The Morgan fingerprint density at radius 2 is 2.35 bits per heavy atom. The van der Waals surface area contributed by atoms with E-state index in [0.717, 1.165) is 24.1 Å². The largest absolute Gasteiger partial charge is 0.376 e. The summed E-state index contributed by atoms with van der Waals surface area (Å²) in [6.45, 7) is 4.14. The number of hydrogen-bond donors (Lipinski definition) is 2. The fourth-order valence-electron chi connectivity index (χ4n) is 2.02. The van der Waals surface area contributed by atoms with Gasteiger partial charge in [-0.25, -0.2) is 0 Å². The Labute approximate surface area is 116 Å². The van der Waals surface area contributed by atoms with Crippen molar-refractivity contribution in [3.05, 3.63) is 17.7 Å². The summed E-state index contributed by atoms with van der Waals surface area (Å²) < 4.78 is 11.0. The first-order valence-electron chi connectivity index (χ1n) is 6.81. The summed E-state index contributed by atoms with van der Waals surface area (Å²) in [5.41, 5.74) is 7.15. The fourth-order valence-corrected chi connectivity index (χ4v) is 2.02. The molecule has 1 aliphatic carbocycles. The molecule has 0 saturated heterocycles. The smallest absolute Gasteiger partial charge is 0.261 e. The maximum Gasteiger partial charge on any atom is 0.261 e. The number of rotatable bonds is 5. The number of H-pyrrole nitrogens is 1. The van der Waals surface area contributed by atoms with Gasteiger partial charge in [0.25, 0.3) is 5.89 Å². The van der Waals surface area contributed by atoms with Crippen LogP contribution in [0.3, 0.4) is 0 Å². The molecule has 7 heteroatoms. The van der Waals surface area contributed by atoms with Crippen molar-refractivity contribution in [2.24, 2.45) is 5.73 Å². The van der Waals surface area contributed by atoms with Crippen LogP contribution < -0.4 is 5.73 Å². The Kier molecular flexibility index (Phi) is 3.31. The molecule has 1 atom stereocenters. The van der Waals surface area contributed by atoms with E-state index < -0.39 is 5.54 Å². The lowest BCUT2D eigenvalue weighted by molar-refractivity contribution is -0.0222. The standard InChI is InChI=1S/C13H19N5O2/c1-8-10(6-15-17-8)11-16-12(18-20-11)13(2,14)7-19-9-4-3-5-9/h6,9H,3-5,7,14H2,1-2H3,(H,15,17). The monoisotopic (exact) mass is 277 g/mol. The summed E-state index contributed by atoms with van der Waals surface area (Å²) in [6.07, 6.45) is 5.45. The van der Waals surface area contributed by atoms with Crippen molar-refractivity contribution in [1.29, 1.82) is 0 Å². The van der Waals surface area contributed by atoms with Gasteiger partial charge in [0.05, 0.1) is 24.5 Å². The Balaban J connectivity index is 1.73. The highest BCUT2D eigenvalue weighted by atomic mass is 16.5. The summed E-state index contributed by atoms with van der Waals surface area (Å²) in [5, 5.41) is 10.7. The minimum absolute atomic E-state index is 0.334. The van der Waals surface area contributed by atoms with Gasteiger partial charge < -0.3 is 15.0 Å². The van der Waals surface area contributed by atoms with Gasteiger partial charge >= 0.3 is 0 Å². The van der Waals surface area contributed by atoms with Crippen LogP contribution in [-0.2, 0) is 10.3 Å². The molecule has 0 bridgehead atoms. The maximum absolute atomic E-state index is 6.24. The summed E-state index contributed by atoms with van der Waals surface area (Å²) in [7, 11) is 0. The van der Waals surface area contributed by atoms with E-state index >= 15 is 0 Å². The quantitative estimate of drug-likeness (QED) is 0.858. The van der Waals surface area contributed by atoms with Gasteiger partial charge in [-0.05, 0) is 33.1 Å². The van der Waals surface area contributed by atoms with Crippen molar-refractivity contribution >= 4 is 0 Å². The van der Waals surface area contributed by atoms with E-state index in [1.165, 1.54) is 6.42 Å². The molecule has 2 aromatic rings. The molecule has 3 N–H and O–H groups in total.